The number of halogens is 2. The van der Waals surface area contributed by atoms with Crippen molar-refractivity contribution in [1.82, 2.24) is 55.4 Å². The number of aromatic nitrogens is 7. The fraction of sp³-hybridized carbons (Fsp3) is 0.492. The largest absolute Gasteiger partial charge is 0.508 e. The van der Waals surface area contributed by atoms with Crippen molar-refractivity contribution in [2.75, 3.05) is 64.0 Å². The zero-order valence-electron chi connectivity index (χ0n) is 46.1. The van der Waals surface area contributed by atoms with Crippen molar-refractivity contribution in [3.8, 4) is 33.5 Å². The number of aliphatic hydroxyl groups is 2. The number of anilines is 1. The number of amides is 1. The van der Waals surface area contributed by atoms with Gasteiger partial charge >= 0.3 is 6.01 Å². The van der Waals surface area contributed by atoms with E-state index in [4.69, 9.17) is 9.72 Å². The number of phenols is 1. The van der Waals surface area contributed by atoms with E-state index in [0.717, 1.165) is 73.0 Å². The summed E-state index contributed by atoms with van der Waals surface area (Å²) < 4.78 is 39.8. The number of nitrogens with zero attached hydrogens (tertiary/aromatic N) is 10. The summed E-state index contributed by atoms with van der Waals surface area (Å²) in [6, 6.07) is 12.9. The van der Waals surface area contributed by atoms with E-state index < -0.39 is 34.8 Å². The van der Waals surface area contributed by atoms with Crippen molar-refractivity contribution in [1.29, 1.82) is 0 Å². The van der Waals surface area contributed by atoms with Crippen LogP contribution in [-0.4, -0.2) is 148 Å². The van der Waals surface area contributed by atoms with Crippen LogP contribution in [0.15, 0.2) is 66.4 Å². The number of pyridine rings is 1. The minimum atomic E-state index is -1.48. The van der Waals surface area contributed by atoms with Crippen LogP contribution in [0.4, 0.5) is 14.6 Å². The summed E-state index contributed by atoms with van der Waals surface area (Å²) in [4.78, 5) is 53.7. The quantitative estimate of drug-likeness (QED) is 0.0623. The van der Waals surface area contributed by atoms with Gasteiger partial charge in [-0.3, -0.25) is 19.5 Å². The summed E-state index contributed by atoms with van der Waals surface area (Å²) in [5.41, 5.74) is 3.61. The number of phenolic OH excluding ortho intramolecular Hbond substituents is 1. The maximum Gasteiger partial charge on any atom is 0.320 e. The summed E-state index contributed by atoms with van der Waals surface area (Å²) in [7, 11) is 0. The number of likely N-dealkylation sites (tertiary alicyclic amines) is 2. The highest BCUT2D eigenvalue weighted by molar-refractivity contribution is 7.13. The van der Waals surface area contributed by atoms with Gasteiger partial charge in [-0.15, -0.1) is 16.4 Å². The molecule has 0 radical (unpaired) electrons. The number of carbonyl (C=O) groups excluding carboxylic acids is 2. The van der Waals surface area contributed by atoms with E-state index in [0.29, 0.717) is 59.3 Å². The number of aryl methyl sites for hydroxylation is 2. The average molecular weight is 1110 g/mol. The number of hydrogen-bond acceptors (Lipinski definition) is 17. The van der Waals surface area contributed by atoms with E-state index in [-0.39, 0.29) is 84.5 Å². The number of thiazole rings is 1. The molecule has 5 N–H and O–H groups in total. The molecular formula is C59H70F2N12O6S. The van der Waals surface area contributed by atoms with Crippen molar-refractivity contribution < 1.29 is 38.4 Å². The van der Waals surface area contributed by atoms with Crippen molar-refractivity contribution in [2.45, 2.75) is 109 Å². The number of nitrogens with one attached hydrogen (secondary N) is 2. The van der Waals surface area contributed by atoms with Crippen LogP contribution >= 0.6 is 11.3 Å². The van der Waals surface area contributed by atoms with Gasteiger partial charge in [0.2, 0.25) is 5.91 Å². The van der Waals surface area contributed by atoms with Gasteiger partial charge < -0.3 is 40.5 Å². The highest BCUT2D eigenvalue weighted by Gasteiger charge is 2.51. The van der Waals surface area contributed by atoms with E-state index in [2.05, 4.69) is 45.7 Å². The number of β-amino-alcohol motifs (C(OH)–C–C–N with tert-alkyl or cyclic N) is 2. The lowest BCUT2D eigenvalue weighted by Gasteiger charge is -2.42. The Balaban J connectivity index is 0.686. The first-order chi connectivity index (χ1) is 38.3. The number of hydrogen-bond donors (Lipinski definition) is 5. The molecule has 4 fully saturated rings. The number of aromatic hydroxyl groups is 1. The third-order valence-electron chi connectivity index (χ3n) is 16.9. The zero-order chi connectivity index (χ0) is 56.2. The Hall–Kier alpha value is -6.62. The van der Waals surface area contributed by atoms with Crippen LogP contribution < -0.4 is 20.3 Å². The van der Waals surface area contributed by atoms with Crippen molar-refractivity contribution in [3.05, 3.63) is 101 Å². The summed E-state index contributed by atoms with van der Waals surface area (Å²) in [6.45, 7) is 16.4. The standard InChI is InChI=1S/C59H70F2N12O6S/c1-7-42-45(60)14-13-39-21-41(74)22-43(48(39)42)51-50(61)52-44(24-62-51)54(72-18-8-17-58(6,77)30-72)67-57(66-52)79-32-70-19-15-36(16-20-70)25-71-26-40(27-71)47-28-73(69-68-47)56(76)49(33(2)3)59(78)23-46(63-29-59)55(75)65-34(4)37-9-11-38(12-10-37)53-35(5)64-31-80-53/h9-14,21-22,24,28,31,33-34,36,40,46,49,63,74,77-78H,7-8,15-20,23,25-27,29-30,32H2,1-6H3,(H,65,75)/t34-,46?,49?,58+,59?/m0/s1. The van der Waals surface area contributed by atoms with Crippen molar-refractivity contribution in [3.63, 3.8) is 0 Å². The zero-order valence-corrected chi connectivity index (χ0v) is 46.9. The lowest BCUT2D eigenvalue weighted by molar-refractivity contribution is -0.124. The van der Waals surface area contributed by atoms with E-state index >= 15 is 8.78 Å². The monoisotopic (exact) mass is 1110 g/mol. The number of benzene rings is 3. The minimum Gasteiger partial charge on any atom is -0.508 e. The Kier molecular flexibility index (Phi) is 15.5. The van der Waals surface area contributed by atoms with Crippen LogP contribution in [0.2, 0.25) is 0 Å². The molecule has 0 aliphatic carbocycles. The summed E-state index contributed by atoms with van der Waals surface area (Å²) in [5.74, 6) is -2.02. The van der Waals surface area contributed by atoms with E-state index in [1.54, 1.807) is 30.5 Å². The van der Waals surface area contributed by atoms with Crippen LogP contribution in [0.3, 0.4) is 0 Å². The molecule has 4 saturated heterocycles. The van der Waals surface area contributed by atoms with Crippen molar-refractivity contribution in [2.24, 2.45) is 17.8 Å². The molecule has 8 heterocycles. The molecule has 4 aliphatic heterocycles. The summed E-state index contributed by atoms with van der Waals surface area (Å²) >= 11 is 1.59. The average Bonchev–Trinajstić information content (AvgIpc) is 3.96. The maximum absolute atomic E-state index is 17.1. The molecule has 11 rings (SSSR count). The first-order valence-corrected chi connectivity index (χ1v) is 28.8. The Morgan fingerprint density at radius 1 is 1.00 bits per heavy atom. The van der Waals surface area contributed by atoms with Crippen LogP contribution in [0.1, 0.15) is 106 Å². The van der Waals surface area contributed by atoms with Gasteiger partial charge in [-0.2, -0.15) is 14.6 Å². The van der Waals surface area contributed by atoms with Gasteiger partial charge in [-0.1, -0.05) is 56.3 Å². The number of rotatable bonds is 16. The SMILES string of the molecule is CCc1c(F)ccc2cc(O)cc(-c3ncc4c(N5CCC[C@@](C)(O)C5)nc(OCN5CCC(CN6CC(c7cn(C(=O)C(C(C)C)C8(O)CNC(C(=O)N[C@@H](C)c9ccc(-c%10scnc%10C)cc9)C8)nn7)C6)CC5)nc4c3F)c12. The molecule has 4 aromatic heterocycles. The molecule has 80 heavy (non-hydrogen) atoms. The van der Waals surface area contributed by atoms with Crippen LogP contribution in [-0.2, 0) is 11.2 Å². The molecule has 0 bridgehead atoms. The number of piperidine rings is 2. The highest BCUT2D eigenvalue weighted by Crippen LogP contribution is 2.41. The molecular weight excluding hydrogens is 1040 g/mol. The van der Waals surface area contributed by atoms with Crippen LogP contribution in [0.25, 0.3) is 43.4 Å². The lowest BCUT2D eigenvalue weighted by Crippen LogP contribution is -2.49. The molecule has 3 unspecified atom stereocenters. The molecule has 5 atom stereocenters. The molecule has 0 spiro atoms. The van der Waals surface area contributed by atoms with Gasteiger partial charge in [-0.05, 0) is 110 Å². The Bertz CT molecular complexity index is 3430. The smallest absolute Gasteiger partial charge is 0.320 e. The molecule has 1 amide bonds. The topological polar surface area (TPSA) is 220 Å². The third-order valence-corrected chi connectivity index (χ3v) is 17.9. The second-order valence-corrected chi connectivity index (χ2v) is 24.1. The summed E-state index contributed by atoms with van der Waals surface area (Å²) in [5, 5.41) is 50.2. The summed E-state index contributed by atoms with van der Waals surface area (Å²) in [6.07, 6.45) is 6.78. The molecule has 4 aliphatic rings. The normalized spacial score (nSPS) is 22.3. The Morgan fingerprint density at radius 3 is 2.49 bits per heavy atom. The first kappa shape index (κ1) is 55.3. The van der Waals surface area contributed by atoms with Crippen LogP contribution in [0.5, 0.6) is 11.8 Å². The van der Waals surface area contributed by atoms with Crippen LogP contribution in [0, 0.1) is 36.3 Å². The third kappa shape index (κ3) is 11.1. The van der Waals surface area contributed by atoms with Gasteiger partial charge in [0.05, 0.1) is 62.6 Å². The predicted octanol–water partition coefficient (Wildman–Crippen LogP) is 7.80. The fourth-order valence-electron chi connectivity index (χ4n) is 12.6. The highest BCUT2D eigenvalue weighted by atomic mass is 32.1. The van der Waals surface area contributed by atoms with E-state index in [9.17, 15) is 24.9 Å². The maximum atomic E-state index is 17.1. The molecule has 0 saturated carbocycles. The molecule has 422 valence electrons. The van der Waals surface area contributed by atoms with Gasteiger partial charge in [0.1, 0.15) is 35.3 Å². The Morgan fingerprint density at radius 2 is 1.77 bits per heavy atom. The second-order valence-electron chi connectivity index (χ2n) is 23.3. The van der Waals surface area contributed by atoms with E-state index in [1.165, 1.54) is 29.1 Å². The minimum absolute atomic E-state index is 0.0198. The second kappa shape index (κ2) is 22.4. The fourth-order valence-corrected chi connectivity index (χ4v) is 13.4. The van der Waals surface area contributed by atoms with E-state index in [1.807, 2.05) is 69.3 Å². The van der Waals surface area contributed by atoms with Gasteiger partial charge in [0.15, 0.2) is 5.82 Å². The van der Waals surface area contributed by atoms with Crippen molar-refractivity contribution >= 4 is 50.6 Å². The number of fused-ring (bicyclic) bond motifs is 2. The number of ether oxygens (including phenoxy) is 1. The number of carbonyl (C=O) groups is 2. The van der Waals surface area contributed by atoms with Gasteiger partial charge in [0.25, 0.3) is 5.91 Å². The Labute approximate surface area is 467 Å². The predicted molar refractivity (Wildman–Crippen MR) is 301 cm³/mol. The molecule has 21 heteroatoms. The molecule has 3 aromatic carbocycles. The lowest BCUT2D eigenvalue weighted by atomic mass is 9.77. The first-order valence-electron chi connectivity index (χ1n) is 27.9. The molecule has 18 nitrogen and oxygen atoms in total. The molecule has 7 aromatic rings. The van der Waals surface area contributed by atoms with Gasteiger partial charge in [-0.25, -0.2) is 13.8 Å². The van der Waals surface area contributed by atoms with Gasteiger partial charge in [0, 0.05) is 76.5 Å².